The van der Waals surface area contributed by atoms with Crippen molar-refractivity contribution in [2.24, 2.45) is 0 Å². The number of anilines is 3. The lowest BCUT2D eigenvalue weighted by atomic mass is 9.92. The summed E-state index contributed by atoms with van der Waals surface area (Å²) < 4.78 is 2.38. The maximum Gasteiger partial charge on any atom is 0.0541 e. The second-order valence-corrected chi connectivity index (χ2v) is 18.4. The van der Waals surface area contributed by atoms with Crippen LogP contribution in [0.1, 0.15) is 0 Å². The fraction of sp³-hybridized carbons (Fsp3) is 0. The number of hydrogen-bond donors (Lipinski definition) is 0. The van der Waals surface area contributed by atoms with Crippen LogP contribution in [0.3, 0.4) is 0 Å². The highest BCUT2D eigenvalue weighted by Crippen LogP contribution is 2.42. The van der Waals surface area contributed by atoms with Crippen LogP contribution in [0.25, 0.3) is 115 Å². The van der Waals surface area contributed by atoms with Crippen LogP contribution in [0.15, 0.2) is 267 Å². The zero-order chi connectivity index (χ0) is 46.1. The fourth-order valence-electron chi connectivity index (χ4n) is 11.2. The van der Waals surface area contributed by atoms with Gasteiger partial charge in [0.25, 0.3) is 0 Å². The van der Waals surface area contributed by atoms with Gasteiger partial charge in [-0.1, -0.05) is 194 Å². The van der Waals surface area contributed by atoms with E-state index in [2.05, 4.69) is 276 Å². The topological polar surface area (TPSA) is 8.17 Å². The van der Waals surface area contributed by atoms with Crippen LogP contribution in [0.4, 0.5) is 17.1 Å². The van der Waals surface area contributed by atoms with Crippen LogP contribution in [-0.4, -0.2) is 4.57 Å². The molecule has 1 heterocycles. The van der Waals surface area contributed by atoms with Gasteiger partial charge >= 0.3 is 0 Å². The third kappa shape index (κ3) is 6.49. The van der Waals surface area contributed by atoms with E-state index in [1.165, 1.54) is 109 Å². The number of aromatic nitrogens is 1. The van der Waals surface area contributed by atoms with Gasteiger partial charge in [0.15, 0.2) is 0 Å². The van der Waals surface area contributed by atoms with Crippen molar-refractivity contribution in [3.8, 4) is 39.1 Å². The molecular formula is C68H44N2. The molecule has 0 unspecified atom stereocenters. The quantitative estimate of drug-likeness (QED) is 0.145. The molecule has 13 aromatic carbocycles. The van der Waals surface area contributed by atoms with Crippen LogP contribution >= 0.6 is 0 Å². The Labute approximate surface area is 406 Å². The molecule has 0 saturated heterocycles. The van der Waals surface area contributed by atoms with E-state index >= 15 is 0 Å². The third-order valence-corrected chi connectivity index (χ3v) is 14.6. The lowest BCUT2D eigenvalue weighted by Crippen LogP contribution is -2.10. The van der Waals surface area contributed by atoms with Crippen LogP contribution < -0.4 is 4.90 Å². The highest BCUT2D eigenvalue weighted by molar-refractivity contribution is 6.26. The predicted octanol–water partition coefficient (Wildman–Crippen LogP) is 19.0. The molecule has 0 bridgehead atoms. The average molecular weight is 889 g/mol. The first-order chi connectivity index (χ1) is 34.7. The molecule has 2 nitrogen and oxygen atoms in total. The number of para-hydroxylation sites is 2. The number of hydrogen-bond acceptors (Lipinski definition) is 1. The smallest absolute Gasteiger partial charge is 0.0541 e. The molecule has 0 N–H and O–H groups in total. The summed E-state index contributed by atoms with van der Waals surface area (Å²) in [5, 5.41) is 15.3. The van der Waals surface area contributed by atoms with Gasteiger partial charge in [0.05, 0.1) is 11.0 Å². The third-order valence-electron chi connectivity index (χ3n) is 14.6. The monoisotopic (exact) mass is 888 g/mol. The first kappa shape index (κ1) is 39.9. The maximum absolute atomic E-state index is 2.38. The Morgan fingerprint density at radius 1 is 0.229 bits per heavy atom. The van der Waals surface area contributed by atoms with Crippen molar-refractivity contribution >= 4 is 92.7 Å². The minimum absolute atomic E-state index is 1.08. The van der Waals surface area contributed by atoms with Crippen molar-refractivity contribution in [3.05, 3.63) is 267 Å². The number of benzene rings is 13. The second-order valence-electron chi connectivity index (χ2n) is 18.4. The summed E-state index contributed by atoms with van der Waals surface area (Å²) in [6, 6.07) is 97.9. The largest absolute Gasteiger partial charge is 0.311 e. The van der Waals surface area contributed by atoms with Crippen LogP contribution in [-0.2, 0) is 0 Å². The van der Waals surface area contributed by atoms with Gasteiger partial charge in [-0.2, -0.15) is 0 Å². The molecule has 0 aliphatic rings. The molecule has 0 aliphatic heterocycles. The molecule has 0 amide bonds. The molecule has 14 aromatic rings. The van der Waals surface area contributed by atoms with Crippen molar-refractivity contribution in [2.45, 2.75) is 0 Å². The lowest BCUT2D eigenvalue weighted by molar-refractivity contribution is 1.17. The van der Waals surface area contributed by atoms with Crippen LogP contribution in [0, 0.1) is 0 Å². The zero-order valence-corrected chi connectivity index (χ0v) is 38.3. The summed E-state index contributed by atoms with van der Waals surface area (Å²) >= 11 is 0. The van der Waals surface area contributed by atoms with Crippen molar-refractivity contribution in [2.75, 3.05) is 4.90 Å². The Morgan fingerprint density at radius 2 is 0.586 bits per heavy atom. The lowest BCUT2D eigenvalue weighted by Gasteiger charge is -2.26. The van der Waals surface area contributed by atoms with E-state index in [9.17, 15) is 0 Å². The standard InChI is InChI=1S/C68H44N2/c1-2-14-55-50(13-1)44-65(60-19-7-3-15-56(55)60)48-27-25-45(26-28-48)46-29-34-51(35-30-46)69(53-38-40-54(41-39-53)70-67-23-11-9-21-63(67)64-22-10-12-24-68(64)70)52-36-31-47(32-37-52)49-33-42-62-59-18-5-4-16-57(59)58-17-6-8-20-61(58)66(62)43-49/h1-44H. The van der Waals surface area contributed by atoms with Gasteiger partial charge in [0.1, 0.15) is 0 Å². The van der Waals surface area contributed by atoms with Gasteiger partial charge < -0.3 is 9.47 Å². The molecule has 0 spiro atoms. The molecule has 0 aliphatic carbocycles. The van der Waals surface area contributed by atoms with E-state index < -0.39 is 0 Å². The van der Waals surface area contributed by atoms with Crippen molar-refractivity contribution in [1.29, 1.82) is 0 Å². The molecule has 0 saturated carbocycles. The van der Waals surface area contributed by atoms with E-state index in [1.54, 1.807) is 0 Å². The van der Waals surface area contributed by atoms with Crippen molar-refractivity contribution in [1.82, 2.24) is 4.57 Å². The highest BCUT2D eigenvalue weighted by Gasteiger charge is 2.17. The minimum Gasteiger partial charge on any atom is -0.311 e. The molecule has 326 valence electrons. The van der Waals surface area contributed by atoms with Gasteiger partial charge in [-0.05, 0) is 160 Å². The van der Waals surface area contributed by atoms with E-state index in [1.807, 2.05) is 0 Å². The molecule has 0 fully saturated rings. The summed E-state index contributed by atoms with van der Waals surface area (Å²) in [6.45, 7) is 0. The van der Waals surface area contributed by atoms with Gasteiger partial charge in [-0.15, -0.1) is 0 Å². The molecule has 1 aromatic heterocycles. The summed E-state index contributed by atoms with van der Waals surface area (Å²) in [5.74, 6) is 0. The van der Waals surface area contributed by atoms with Gasteiger partial charge in [-0.25, -0.2) is 0 Å². The molecule has 70 heavy (non-hydrogen) atoms. The molecular weight excluding hydrogens is 845 g/mol. The Hall–Kier alpha value is -9.24. The van der Waals surface area contributed by atoms with Crippen LogP contribution in [0.2, 0.25) is 0 Å². The van der Waals surface area contributed by atoms with Crippen LogP contribution in [0.5, 0.6) is 0 Å². The molecule has 14 rings (SSSR count). The molecule has 0 radical (unpaired) electrons. The Bertz CT molecular complexity index is 4230. The number of fused-ring (bicyclic) bond motifs is 12. The highest BCUT2D eigenvalue weighted by atomic mass is 15.1. The predicted molar refractivity (Wildman–Crippen MR) is 299 cm³/mol. The van der Waals surface area contributed by atoms with E-state index in [4.69, 9.17) is 0 Å². The first-order valence-electron chi connectivity index (χ1n) is 24.2. The van der Waals surface area contributed by atoms with Gasteiger partial charge in [-0.3, -0.25) is 0 Å². The maximum atomic E-state index is 2.38. The van der Waals surface area contributed by atoms with E-state index in [0.717, 1.165) is 22.7 Å². The normalized spacial score (nSPS) is 11.7. The van der Waals surface area contributed by atoms with Crippen molar-refractivity contribution < 1.29 is 0 Å². The van der Waals surface area contributed by atoms with Crippen molar-refractivity contribution in [3.63, 3.8) is 0 Å². The Morgan fingerprint density at radius 3 is 1.13 bits per heavy atom. The van der Waals surface area contributed by atoms with E-state index in [-0.39, 0.29) is 0 Å². The molecule has 2 heteroatoms. The fourth-order valence-corrected chi connectivity index (χ4v) is 11.2. The zero-order valence-electron chi connectivity index (χ0n) is 38.3. The summed E-state index contributed by atoms with van der Waals surface area (Å²) in [4.78, 5) is 2.37. The molecule has 0 atom stereocenters. The second kappa shape index (κ2) is 16.2. The Balaban J connectivity index is 0.840. The Kier molecular flexibility index (Phi) is 9.25. The summed E-state index contributed by atoms with van der Waals surface area (Å²) in [5.41, 5.74) is 14.0. The average Bonchev–Trinajstić information content (AvgIpc) is 3.78. The summed E-state index contributed by atoms with van der Waals surface area (Å²) in [6.07, 6.45) is 0. The number of rotatable bonds is 7. The number of nitrogens with zero attached hydrogens (tertiary/aromatic N) is 2. The van der Waals surface area contributed by atoms with Gasteiger partial charge in [0, 0.05) is 33.5 Å². The SMILES string of the molecule is c1ccc2c(c1)cc(-c1ccc(-c3ccc(N(c4ccc(-c5ccc6c7ccccc7c7ccccc7c6c5)cc4)c4ccc(-n5c6ccccc6c6ccccc65)cc4)cc3)cc1)c1ccccc12. The van der Waals surface area contributed by atoms with Gasteiger partial charge in [0.2, 0.25) is 0 Å². The minimum atomic E-state index is 1.08. The summed E-state index contributed by atoms with van der Waals surface area (Å²) in [7, 11) is 0. The van der Waals surface area contributed by atoms with E-state index in [0.29, 0.717) is 0 Å². The first-order valence-corrected chi connectivity index (χ1v) is 24.2.